The predicted molar refractivity (Wildman–Crippen MR) is 104 cm³/mol. The Bertz CT molecular complexity index is 914. The van der Waals surface area contributed by atoms with E-state index in [2.05, 4.69) is 15.3 Å². The molecule has 2 aromatic carbocycles. The van der Waals surface area contributed by atoms with Gasteiger partial charge in [0.2, 0.25) is 5.95 Å². The van der Waals surface area contributed by atoms with Gasteiger partial charge >= 0.3 is 0 Å². The number of nitrogens with one attached hydrogen (secondary N) is 1. The van der Waals surface area contributed by atoms with Crippen LogP contribution >= 0.6 is 0 Å². The molecule has 0 fully saturated rings. The number of para-hydroxylation sites is 1. The van der Waals surface area contributed by atoms with Gasteiger partial charge in [-0.2, -0.15) is 0 Å². The molecule has 27 heavy (non-hydrogen) atoms. The predicted octanol–water partition coefficient (Wildman–Crippen LogP) is 3.51. The third-order valence-electron chi connectivity index (χ3n) is 4.00. The maximum Gasteiger partial charge on any atom is 0.258 e. The lowest BCUT2D eigenvalue weighted by molar-refractivity contribution is 0.102. The summed E-state index contributed by atoms with van der Waals surface area (Å²) in [5.74, 6) is 1.31. The molecule has 0 unspecified atom stereocenters. The number of carbonyl (C=O) groups is 1. The van der Waals surface area contributed by atoms with Crippen LogP contribution in [-0.4, -0.2) is 37.1 Å². The van der Waals surface area contributed by atoms with Crippen molar-refractivity contribution < 1.29 is 14.3 Å². The van der Waals surface area contributed by atoms with E-state index in [1.807, 2.05) is 42.3 Å². The molecule has 1 aromatic heterocycles. The summed E-state index contributed by atoms with van der Waals surface area (Å²) in [5, 5.41) is 2.80. The minimum atomic E-state index is -0.338. The summed E-state index contributed by atoms with van der Waals surface area (Å²) in [6.07, 6.45) is 2.98. The Kier molecular flexibility index (Phi) is 5.51. The number of ether oxygens (including phenoxy) is 2. The molecular weight excluding hydrogens is 344 g/mol. The largest absolute Gasteiger partial charge is 0.497 e. The Balaban J connectivity index is 1.77. The van der Waals surface area contributed by atoms with E-state index in [-0.39, 0.29) is 5.91 Å². The number of aromatic nitrogens is 2. The fraction of sp³-hybridized carbons (Fsp3) is 0.150. The van der Waals surface area contributed by atoms with Gasteiger partial charge in [0.05, 0.1) is 25.5 Å². The SMILES string of the molecule is COc1ccc(OC)c(NC(=O)c2cnc(N(C)c3ccccc3)nc2)c1. The Labute approximate surface area is 157 Å². The zero-order valence-corrected chi connectivity index (χ0v) is 15.3. The van der Waals surface area contributed by atoms with Crippen LogP contribution in [0, 0.1) is 0 Å². The second-order valence-corrected chi connectivity index (χ2v) is 5.69. The average molecular weight is 364 g/mol. The van der Waals surface area contributed by atoms with Crippen molar-refractivity contribution in [3.63, 3.8) is 0 Å². The first-order chi connectivity index (χ1) is 13.1. The molecule has 0 atom stereocenters. The molecule has 1 N–H and O–H groups in total. The highest BCUT2D eigenvalue weighted by Gasteiger charge is 2.13. The quantitative estimate of drug-likeness (QED) is 0.721. The molecule has 138 valence electrons. The van der Waals surface area contributed by atoms with Crippen LogP contribution < -0.4 is 19.7 Å². The summed E-state index contributed by atoms with van der Waals surface area (Å²) >= 11 is 0. The van der Waals surface area contributed by atoms with Crippen molar-refractivity contribution in [1.82, 2.24) is 9.97 Å². The number of hydrogen-bond acceptors (Lipinski definition) is 6. The number of rotatable bonds is 6. The Morgan fingerprint density at radius 1 is 1.00 bits per heavy atom. The number of hydrogen-bond donors (Lipinski definition) is 1. The lowest BCUT2D eigenvalue weighted by Crippen LogP contribution is -2.16. The van der Waals surface area contributed by atoms with Crippen LogP contribution in [0.15, 0.2) is 60.9 Å². The fourth-order valence-electron chi connectivity index (χ4n) is 2.48. The standard InChI is InChI=1S/C20H20N4O3/c1-24(15-7-5-4-6-8-15)20-21-12-14(13-22-20)19(25)23-17-11-16(26-2)9-10-18(17)27-3/h4-13H,1-3H3,(H,23,25). The molecule has 0 bridgehead atoms. The van der Waals surface area contributed by atoms with Crippen molar-refractivity contribution in [3.05, 3.63) is 66.5 Å². The number of benzene rings is 2. The van der Waals surface area contributed by atoms with E-state index in [1.165, 1.54) is 19.5 Å². The molecule has 7 heteroatoms. The van der Waals surface area contributed by atoms with Crippen molar-refractivity contribution in [3.8, 4) is 11.5 Å². The van der Waals surface area contributed by atoms with E-state index in [1.54, 1.807) is 25.3 Å². The van der Waals surface area contributed by atoms with Gasteiger partial charge in [-0.15, -0.1) is 0 Å². The maximum absolute atomic E-state index is 12.5. The molecular formula is C20H20N4O3. The molecule has 0 aliphatic heterocycles. The monoisotopic (exact) mass is 364 g/mol. The summed E-state index contributed by atoms with van der Waals surface area (Å²) in [4.78, 5) is 23.0. The Hall–Kier alpha value is -3.61. The van der Waals surface area contributed by atoms with E-state index in [0.717, 1.165) is 5.69 Å². The van der Waals surface area contributed by atoms with Gasteiger partial charge in [-0.05, 0) is 24.3 Å². The van der Waals surface area contributed by atoms with Gasteiger partial charge in [0.25, 0.3) is 5.91 Å². The van der Waals surface area contributed by atoms with Crippen LogP contribution in [0.25, 0.3) is 0 Å². The van der Waals surface area contributed by atoms with Crippen LogP contribution in [0.3, 0.4) is 0 Å². The molecule has 0 spiro atoms. The molecule has 0 saturated heterocycles. The lowest BCUT2D eigenvalue weighted by Gasteiger charge is -2.17. The van der Waals surface area contributed by atoms with Gasteiger partial charge in [0, 0.05) is 31.2 Å². The fourth-order valence-corrected chi connectivity index (χ4v) is 2.48. The van der Waals surface area contributed by atoms with Crippen LogP contribution in [-0.2, 0) is 0 Å². The molecule has 3 rings (SSSR count). The smallest absolute Gasteiger partial charge is 0.258 e. The highest BCUT2D eigenvalue weighted by Crippen LogP contribution is 2.29. The highest BCUT2D eigenvalue weighted by atomic mass is 16.5. The summed E-state index contributed by atoms with van der Waals surface area (Å²) in [6.45, 7) is 0. The van der Waals surface area contributed by atoms with Crippen LogP contribution in [0.2, 0.25) is 0 Å². The molecule has 3 aromatic rings. The molecule has 0 aliphatic carbocycles. The lowest BCUT2D eigenvalue weighted by atomic mass is 10.2. The van der Waals surface area contributed by atoms with Crippen LogP contribution in [0.5, 0.6) is 11.5 Å². The van der Waals surface area contributed by atoms with Crippen molar-refractivity contribution in [2.45, 2.75) is 0 Å². The van der Waals surface area contributed by atoms with E-state index < -0.39 is 0 Å². The van der Waals surface area contributed by atoms with Gasteiger partial charge < -0.3 is 19.7 Å². The van der Waals surface area contributed by atoms with E-state index in [9.17, 15) is 4.79 Å². The molecule has 1 heterocycles. The number of carbonyl (C=O) groups excluding carboxylic acids is 1. The summed E-state index contributed by atoms with van der Waals surface area (Å²) < 4.78 is 10.5. The number of methoxy groups -OCH3 is 2. The minimum absolute atomic E-state index is 0.338. The van der Waals surface area contributed by atoms with E-state index >= 15 is 0 Å². The van der Waals surface area contributed by atoms with Crippen molar-refractivity contribution >= 4 is 23.2 Å². The molecule has 0 saturated carbocycles. The van der Waals surface area contributed by atoms with Gasteiger partial charge in [-0.3, -0.25) is 4.79 Å². The van der Waals surface area contributed by atoms with E-state index in [0.29, 0.717) is 28.7 Å². The zero-order valence-electron chi connectivity index (χ0n) is 15.3. The second-order valence-electron chi connectivity index (χ2n) is 5.69. The molecule has 0 aliphatic rings. The summed E-state index contributed by atoms with van der Waals surface area (Å²) in [6, 6.07) is 14.9. The van der Waals surface area contributed by atoms with Gasteiger partial charge in [0.15, 0.2) is 0 Å². The highest BCUT2D eigenvalue weighted by molar-refractivity contribution is 6.04. The van der Waals surface area contributed by atoms with Crippen molar-refractivity contribution in [2.75, 3.05) is 31.5 Å². The summed E-state index contributed by atoms with van der Waals surface area (Å²) in [7, 11) is 4.96. The molecule has 1 amide bonds. The van der Waals surface area contributed by atoms with Crippen molar-refractivity contribution in [1.29, 1.82) is 0 Å². The van der Waals surface area contributed by atoms with Crippen LogP contribution in [0.4, 0.5) is 17.3 Å². The number of anilines is 3. The first-order valence-electron chi connectivity index (χ1n) is 8.26. The topological polar surface area (TPSA) is 76.6 Å². The maximum atomic E-state index is 12.5. The Morgan fingerprint density at radius 3 is 2.33 bits per heavy atom. The molecule has 7 nitrogen and oxygen atoms in total. The number of amides is 1. The van der Waals surface area contributed by atoms with Crippen molar-refractivity contribution in [2.24, 2.45) is 0 Å². The van der Waals surface area contributed by atoms with Gasteiger partial charge in [-0.25, -0.2) is 9.97 Å². The number of nitrogens with zero attached hydrogens (tertiary/aromatic N) is 3. The average Bonchev–Trinajstić information content (AvgIpc) is 2.73. The summed E-state index contributed by atoms with van der Waals surface area (Å²) in [5.41, 5.74) is 1.80. The first-order valence-corrected chi connectivity index (χ1v) is 8.26. The minimum Gasteiger partial charge on any atom is -0.497 e. The third-order valence-corrected chi connectivity index (χ3v) is 4.00. The second kappa shape index (κ2) is 8.18. The normalized spacial score (nSPS) is 10.2. The Morgan fingerprint density at radius 2 is 1.70 bits per heavy atom. The molecule has 0 radical (unpaired) electrons. The first kappa shape index (κ1) is 18.2. The van der Waals surface area contributed by atoms with E-state index in [4.69, 9.17) is 9.47 Å². The van der Waals surface area contributed by atoms with Gasteiger partial charge in [0.1, 0.15) is 11.5 Å². The zero-order chi connectivity index (χ0) is 19.2. The van der Waals surface area contributed by atoms with Gasteiger partial charge in [-0.1, -0.05) is 18.2 Å². The third kappa shape index (κ3) is 4.14. The van der Waals surface area contributed by atoms with Crippen LogP contribution in [0.1, 0.15) is 10.4 Å².